The van der Waals surface area contributed by atoms with Crippen LogP contribution in [-0.4, -0.2) is 36.3 Å². The van der Waals surface area contributed by atoms with E-state index in [0.29, 0.717) is 30.2 Å². The molecule has 1 aromatic rings. The maximum atomic E-state index is 12.2. The minimum absolute atomic E-state index is 0.0122. The lowest BCUT2D eigenvalue weighted by Crippen LogP contribution is -2.42. The smallest absolute Gasteiger partial charge is 0.266 e. The van der Waals surface area contributed by atoms with Crippen molar-refractivity contribution in [3.63, 3.8) is 0 Å². The lowest BCUT2D eigenvalue weighted by Gasteiger charge is -2.31. The molecule has 2 heterocycles. The second kappa shape index (κ2) is 6.06. The maximum Gasteiger partial charge on any atom is 0.266 e. The Morgan fingerprint density at radius 3 is 2.68 bits per heavy atom. The molecule has 2 rings (SSSR count). The van der Waals surface area contributed by atoms with Crippen LogP contribution in [0.5, 0.6) is 0 Å². The molecule has 0 radical (unpaired) electrons. The largest absolute Gasteiger partial charge is 0.397 e. The molecule has 1 fully saturated rings. The van der Waals surface area contributed by atoms with E-state index in [1.54, 1.807) is 11.0 Å². The van der Waals surface area contributed by atoms with Gasteiger partial charge in [-0.3, -0.25) is 9.59 Å². The van der Waals surface area contributed by atoms with E-state index in [4.69, 9.17) is 5.73 Å². The zero-order valence-corrected chi connectivity index (χ0v) is 11.8. The molecule has 3 N–H and O–H groups in total. The third kappa shape index (κ3) is 3.07. The number of nitrogens with two attached hydrogens (primary N) is 1. The van der Waals surface area contributed by atoms with Gasteiger partial charge in [-0.2, -0.15) is 0 Å². The Morgan fingerprint density at radius 1 is 1.47 bits per heavy atom. The van der Waals surface area contributed by atoms with Gasteiger partial charge in [-0.1, -0.05) is 0 Å². The predicted molar refractivity (Wildman–Crippen MR) is 76.0 cm³/mol. The number of piperidine rings is 1. The highest BCUT2D eigenvalue weighted by atomic mass is 32.1. The fraction of sp³-hybridized carbons (Fsp3) is 0.538. The molecule has 1 aliphatic rings. The van der Waals surface area contributed by atoms with Gasteiger partial charge in [0.2, 0.25) is 5.91 Å². The number of nitrogen functional groups attached to an aromatic ring is 1. The molecule has 5 nitrogen and oxygen atoms in total. The Hall–Kier alpha value is -1.56. The number of nitrogens with zero attached hydrogens (tertiary/aromatic N) is 1. The molecule has 0 spiro atoms. The van der Waals surface area contributed by atoms with Crippen molar-refractivity contribution in [2.24, 2.45) is 5.92 Å². The molecular weight excluding hydrogens is 262 g/mol. The Bertz CT molecular complexity index is 464. The van der Waals surface area contributed by atoms with Crippen LogP contribution < -0.4 is 11.1 Å². The summed E-state index contributed by atoms with van der Waals surface area (Å²) in [5.41, 5.74) is 6.30. The first-order valence-electron chi connectivity index (χ1n) is 6.53. The van der Waals surface area contributed by atoms with Crippen molar-refractivity contribution in [3.05, 3.63) is 16.3 Å². The normalized spacial score (nSPS) is 16.4. The molecule has 0 bridgehead atoms. The van der Waals surface area contributed by atoms with Crippen LogP contribution in [-0.2, 0) is 4.79 Å². The van der Waals surface area contributed by atoms with Crippen molar-refractivity contribution in [2.45, 2.75) is 19.8 Å². The number of carbonyl (C=O) groups excluding carboxylic acids is 2. The first-order valence-corrected chi connectivity index (χ1v) is 7.41. The van der Waals surface area contributed by atoms with E-state index in [-0.39, 0.29) is 17.7 Å². The Morgan fingerprint density at radius 2 is 2.16 bits per heavy atom. The SMILES string of the molecule is CCNC(=O)C1CCN(C(=O)c2sccc2N)CC1. The summed E-state index contributed by atoms with van der Waals surface area (Å²) < 4.78 is 0. The summed E-state index contributed by atoms with van der Waals surface area (Å²) in [5.74, 6) is 0.122. The average molecular weight is 281 g/mol. The molecule has 2 amide bonds. The number of thiophene rings is 1. The Kier molecular flexibility index (Phi) is 4.42. The van der Waals surface area contributed by atoms with Crippen molar-refractivity contribution >= 4 is 28.8 Å². The number of anilines is 1. The minimum atomic E-state index is -0.0122. The summed E-state index contributed by atoms with van der Waals surface area (Å²) in [5, 5.41) is 4.66. The molecule has 0 atom stereocenters. The van der Waals surface area contributed by atoms with Gasteiger partial charge < -0.3 is 16.0 Å². The van der Waals surface area contributed by atoms with Gasteiger partial charge >= 0.3 is 0 Å². The van der Waals surface area contributed by atoms with Gasteiger partial charge in [-0.15, -0.1) is 11.3 Å². The van der Waals surface area contributed by atoms with E-state index in [1.165, 1.54) is 11.3 Å². The van der Waals surface area contributed by atoms with E-state index in [9.17, 15) is 9.59 Å². The molecule has 0 saturated carbocycles. The molecule has 19 heavy (non-hydrogen) atoms. The van der Waals surface area contributed by atoms with Gasteiger partial charge in [0.25, 0.3) is 5.91 Å². The molecule has 6 heteroatoms. The zero-order chi connectivity index (χ0) is 13.8. The third-order valence-corrected chi connectivity index (χ3v) is 4.31. The Balaban J connectivity index is 1.92. The van der Waals surface area contributed by atoms with E-state index < -0.39 is 0 Å². The van der Waals surface area contributed by atoms with Crippen molar-refractivity contribution in [2.75, 3.05) is 25.4 Å². The van der Waals surface area contributed by atoms with Crippen LogP contribution in [0, 0.1) is 5.92 Å². The fourth-order valence-corrected chi connectivity index (χ4v) is 3.08. The van der Waals surface area contributed by atoms with Gasteiger partial charge in [0, 0.05) is 25.6 Å². The molecule has 1 aliphatic heterocycles. The molecule has 104 valence electrons. The van der Waals surface area contributed by atoms with E-state index in [0.717, 1.165) is 12.8 Å². The van der Waals surface area contributed by atoms with Crippen LogP contribution in [0.4, 0.5) is 5.69 Å². The van der Waals surface area contributed by atoms with Crippen LogP contribution in [0.3, 0.4) is 0 Å². The quantitative estimate of drug-likeness (QED) is 0.877. The summed E-state index contributed by atoms with van der Waals surface area (Å²) >= 11 is 1.37. The summed E-state index contributed by atoms with van der Waals surface area (Å²) in [6.07, 6.45) is 1.45. The van der Waals surface area contributed by atoms with Crippen LogP contribution in [0.2, 0.25) is 0 Å². The number of rotatable bonds is 3. The van der Waals surface area contributed by atoms with Crippen LogP contribution in [0.1, 0.15) is 29.4 Å². The van der Waals surface area contributed by atoms with Gasteiger partial charge in [0.1, 0.15) is 4.88 Å². The minimum Gasteiger partial charge on any atom is -0.397 e. The van der Waals surface area contributed by atoms with E-state index in [2.05, 4.69) is 5.32 Å². The van der Waals surface area contributed by atoms with Crippen LogP contribution in [0.15, 0.2) is 11.4 Å². The predicted octanol–water partition coefficient (Wildman–Crippen LogP) is 1.32. The van der Waals surface area contributed by atoms with Gasteiger partial charge in [0.15, 0.2) is 0 Å². The van der Waals surface area contributed by atoms with Crippen molar-refractivity contribution in [3.8, 4) is 0 Å². The summed E-state index contributed by atoms with van der Waals surface area (Å²) in [7, 11) is 0. The lowest BCUT2D eigenvalue weighted by molar-refractivity contribution is -0.126. The number of likely N-dealkylation sites (tertiary alicyclic amines) is 1. The molecule has 0 unspecified atom stereocenters. The first-order chi connectivity index (χ1) is 9.13. The second-order valence-corrected chi connectivity index (χ2v) is 5.58. The van der Waals surface area contributed by atoms with Crippen LogP contribution >= 0.6 is 11.3 Å². The van der Waals surface area contributed by atoms with Crippen LogP contribution in [0.25, 0.3) is 0 Å². The number of carbonyl (C=O) groups is 2. The highest BCUT2D eigenvalue weighted by Gasteiger charge is 2.28. The maximum absolute atomic E-state index is 12.2. The number of hydrogen-bond donors (Lipinski definition) is 2. The molecule has 1 aromatic heterocycles. The summed E-state index contributed by atoms with van der Waals surface area (Å²) in [6.45, 7) is 3.82. The molecule has 0 aliphatic carbocycles. The van der Waals surface area contributed by atoms with E-state index in [1.807, 2.05) is 12.3 Å². The molecule has 1 saturated heterocycles. The molecular formula is C13H19N3O2S. The Labute approximate surface area is 116 Å². The number of amides is 2. The van der Waals surface area contributed by atoms with Crippen molar-refractivity contribution in [1.82, 2.24) is 10.2 Å². The number of hydrogen-bond acceptors (Lipinski definition) is 4. The average Bonchev–Trinajstić information content (AvgIpc) is 2.84. The monoisotopic (exact) mass is 281 g/mol. The third-order valence-electron chi connectivity index (χ3n) is 3.39. The van der Waals surface area contributed by atoms with Gasteiger partial charge in [-0.05, 0) is 31.2 Å². The van der Waals surface area contributed by atoms with Gasteiger partial charge in [0.05, 0.1) is 5.69 Å². The first kappa shape index (κ1) is 13.9. The topological polar surface area (TPSA) is 75.4 Å². The van der Waals surface area contributed by atoms with Gasteiger partial charge in [-0.25, -0.2) is 0 Å². The number of nitrogens with one attached hydrogen (secondary N) is 1. The standard InChI is InChI=1S/C13H19N3O2S/c1-2-15-12(17)9-3-6-16(7-4-9)13(18)11-10(14)5-8-19-11/h5,8-9H,2-4,6-7,14H2,1H3,(H,15,17). The lowest BCUT2D eigenvalue weighted by atomic mass is 9.96. The van der Waals surface area contributed by atoms with Crippen molar-refractivity contribution in [1.29, 1.82) is 0 Å². The highest BCUT2D eigenvalue weighted by Crippen LogP contribution is 2.24. The summed E-state index contributed by atoms with van der Waals surface area (Å²) in [6, 6.07) is 1.75. The molecule has 0 aromatic carbocycles. The zero-order valence-electron chi connectivity index (χ0n) is 11.0. The second-order valence-electron chi connectivity index (χ2n) is 4.67. The highest BCUT2D eigenvalue weighted by molar-refractivity contribution is 7.12. The summed E-state index contributed by atoms with van der Waals surface area (Å²) in [4.78, 5) is 26.4. The fourth-order valence-electron chi connectivity index (χ4n) is 2.30. The van der Waals surface area contributed by atoms with E-state index >= 15 is 0 Å². The van der Waals surface area contributed by atoms with Crippen molar-refractivity contribution < 1.29 is 9.59 Å².